The van der Waals surface area contributed by atoms with E-state index >= 15 is 0 Å². The lowest BCUT2D eigenvalue weighted by molar-refractivity contribution is 0.0940. The van der Waals surface area contributed by atoms with E-state index in [0.29, 0.717) is 16.2 Å². The smallest absolute Gasteiger partial charge is 0.271 e. The van der Waals surface area contributed by atoms with Crippen LogP contribution in [0.4, 0.5) is 4.39 Å². The number of halogens is 1. The van der Waals surface area contributed by atoms with Crippen LogP contribution in [0.1, 0.15) is 32.5 Å². The molecule has 28 heavy (non-hydrogen) atoms. The van der Waals surface area contributed by atoms with E-state index in [-0.39, 0.29) is 5.56 Å². The molecule has 0 spiro atoms. The van der Waals surface area contributed by atoms with Gasteiger partial charge in [-0.3, -0.25) is 19.0 Å². The van der Waals surface area contributed by atoms with Gasteiger partial charge in [0.2, 0.25) is 0 Å². The van der Waals surface area contributed by atoms with Crippen molar-refractivity contribution in [2.45, 2.75) is 13.0 Å². The molecule has 8 heteroatoms. The fraction of sp³-hybridized carbons (Fsp3) is 0.100. The van der Waals surface area contributed by atoms with Crippen LogP contribution in [0.15, 0.2) is 65.8 Å². The van der Waals surface area contributed by atoms with Gasteiger partial charge in [0, 0.05) is 23.5 Å². The standard InChI is InChI=1S/C20H15FN4O2S/c1-12-11-25-19(27)15(10-23-20(25)28-12)18(26)24-17(16-7-2-3-8-22-16)13-5-4-6-14(21)9-13/h2-11,17H,1H3,(H,24,26)/t17-/m1/s1. The molecule has 0 aliphatic carbocycles. The average molecular weight is 394 g/mol. The molecule has 0 bridgehead atoms. The summed E-state index contributed by atoms with van der Waals surface area (Å²) < 4.78 is 15.1. The molecule has 0 unspecified atom stereocenters. The molecule has 1 atom stereocenters. The van der Waals surface area contributed by atoms with Gasteiger partial charge in [-0.15, -0.1) is 11.3 Å². The van der Waals surface area contributed by atoms with Crippen molar-refractivity contribution in [3.63, 3.8) is 0 Å². The Labute approximate surface area is 163 Å². The maximum Gasteiger partial charge on any atom is 0.271 e. The van der Waals surface area contributed by atoms with Gasteiger partial charge in [0.1, 0.15) is 11.4 Å². The van der Waals surface area contributed by atoms with Crippen LogP contribution in [0.3, 0.4) is 0 Å². The largest absolute Gasteiger partial charge is 0.339 e. The molecule has 0 radical (unpaired) electrons. The lowest BCUT2D eigenvalue weighted by atomic mass is 10.0. The van der Waals surface area contributed by atoms with Gasteiger partial charge in [-0.25, -0.2) is 9.37 Å². The van der Waals surface area contributed by atoms with E-state index in [1.807, 2.05) is 6.92 Å². The molecule has 0 saturated heterocycles. The molecule has 3 heterocycles. The van der Waals surface area contributed by atoms with E-state index in [9.17, 15) is 14.0 Å². The molecule has 1 aromatic carbocycles. The zero-order valence-electron chi connectivity index (χ0n) is 14.8. The Balaban J connectivity index is 1.74. The Morgan fingerprint density at radius 1 is 1.21 bits per heavy atom. The van der Waals surface area contributed by atoms with E-state index in [4.69, 9.17) is 0 Å². The third-order valence-electron chi connectivity index (χ3n) is 4.21. The fourth-order valence-corrected chi connectivity index (χ4v) is 3.71. The first-order valence-electron chi connectivity index (χ1n) is 8.48. The van der Waals surface area contributed by atoms with E-state index in [2.05, 4.69) is 15.3 Å². The number of nitrogens with zero attached hydrogens (tertiary/aromatic N) is 3. The summed E-state index contributed by atoms with van der Waals surface area (Å²) in [4.78, 5) is 35.5. The van der Waals surface area contributed by atoms with Gasteiger partial charge >= 0.3 is 0 Å². The summed E-state index contributed by atoms with van der Waals surface area (Å²) in [7, 11) is 0. The molecule has 6 nitrogen and oxygen atoms in total. The maximum absolute atomic E-state index is 13.7. The Morgan fingerprint density at radius 3 is 2.82 bits per heavy atom. The number of amides is 1. The third kappa shape index (κ3) is 3.41. The van der Waals surface area contributed by atoms with Gasteiger partial charge in [0.05, 0.1) is 11.7 Å². The number of carbonyl (C=O) groups excluding carboxylic acids is 1. The minimum absolute atomic E-state index is 0.0902. The minimum atomic E-state index is -0.714. The van der Waals surface area contributed by atoms with E-state index in [1.54, 1.807) is 42.7 Å². The second kappa shape index (κ2) is 7.32. The molecular formula is C20H15FN4O2S. The first-order chi connectivity index (χ1) is 13.5. The SMILES string of the molecule is Cc1cn2c(=O)c(C(=O)N[C@H](c3cccc(F)c3)c3ccccn3)cnc2s1. The van der Waals surface area contributed by atoms with E-state index < -0.39 is 23.3 Å². The summed E-state index contributed by atoms with van der Waals surface area (Å²) in [6.07, 6.45) is 4.50. The number of aryl methyl sites for hydroxylation is 1. The zero-order chi connectivity index (χ0) is 19.7. The number of carbonyl (C=O) groups is 1. The number of thiazole rings is 1. The molecular weight excluding hydrogens is 379 g/mol. The van der Waals surface area contributed by atoms with Gasteiger partial charge in [-0.2, -0.15) is 0 Å². The van der Waals surface area contributed by atoms with Crippen LogP contribution in [0.5, 0.6) is 0 Å². The average Bonchev–Trinajstić information content (AvgIpc) is 3.08. The first-order valence-corrected chi connectivity index (χ1v) is 9.29. The first kappa shape index (κ1) is 18.0. The molecule has 1 N–H and O–H groups in total. The summed E-state index contributed by atoms with van der Waals surface area (Å²) in [5.74, 6) is -1.03. The van der Waals surface area contributed by atoms with Crippen molar-refractivity contribution >= 4 is 22.2 Å². The van der Waals surface area contributed by atoms with Gasteiger partial charge < -0.3 is 5.32 Å². The van der Waals surface area contributed by atoms with Crippen molar-refractivity contribution in [1.29, 1.82) is 0 Å². The number of hydrogen-bond acceptors (Lipinski definition) is 5. The Morgan fingerprint density at radius 2 is 2.07 bits per heavy atom. The highest BCUT2D eigenvalue weighted by Crippen LogP contribution is 2.21. The highest BCUT2D eigenvalue weighted by molar-refractivity contribution is 7.16. The Bertz CT molecular complexity index is 1220. The lowest BCUT2D eigenvalue weighted by Crippen LogP contribution is -2.34. The highest BCUT2D eigenvalue weighted by Gasteiger charge is 2.22. The summed E-state index contributed by atoms with van der Waals surface area (Å²) in [6.45, 7) is 1.86. The number of nitrogens with one attached hydrogen (secondary N) is 1. The predicted octanol–water partition coefficient (Wildman–Crippen LogP) is 3.12. The van der Waals surface area contributed by atoms with Crippen LogP contribution in [-0.2, 0) is 0 Å². The van der Waals surface area contributed by atoms with Gasteiger partial charge in [0.15, 0.2) is 4.96 Å². The Kier molecular flexibility index (Phi) is 4.70. The molecule has 0 aliphatic rings. The van der Waals surface area contributed by atoms with Gasteiger partial charge in [-0.05, 0) is 36.8 Å². The molecule has 0 saturated carbocycles. The molecule has 1 amide bonds. The molecule has 4 aromatic rings. The zero-order valence-corrected chi connectivity index (χ0v) is 15.6. The molecule has 0 aliphatic heterocycles. The maximum atomic E-state index is 13.7. The topological polar surface area (TPSA) is 76.4 Å². The summed E-state index contributed by atoms with van der Waals surface area (Å²) >= 11 is 1.36. The number of aromatic nitrogens is 3. The third-order valence-corrected chi connectivity index (χ3v) is 5.12. The quantitative estimate of drug-likeness (QED) is 0.577. The minimum Gasteiger partial charge on any atom is -0.339 e. The number of pyridine rings is 1. The summed E-state index contributed by atoms with van der Waals surface area (Å²) in [5.41, 5.74) is 0.507. The van der Waals surface area contributed by atoms with Crippen molar-refractivity contribution in [3.8, 4) is 0 Å². The van der Waals surface area contributed by atoms with Crippen molar-refractivity contribution in [2.24, 2.45) is 0 Å². The van der Waals surface area contributed by atoms with E-state index in [1.165, 1.54) is 34.1 Å². The van der Waals surface area contributed by atoms with Crippen LogP contribution in [-0.4, -0.2) is 20.3 Å². The van der Waals surface area contributed by atoms with Crippen LogP contribution in [0, 0.1) is 12.7 Å². The second-order valence-electron chi connectivity index (χ2n) is 6.19. The number of fused-ring (bicyclic) bond motifs is 1. The van der Waals surface area contributed by atoms with Crippen LogP contribution >= 0.6 is 11.3 Å². The predicted molar refractivity (Wildman–Crippen MR) is 104 cm³/mol. The second-order valence-corrected chi connectivity index (χ2v) is 7.40. The highest BCUT2D eigenvalue weighted by atomic mass is 32.1. The number of rotatable bonds is 4. The van der Waals surface area contributed by atoms with Crippen LogP contribution in [0.2, 0.25) is 0 Å². The van der Waals surface area contributed by atoms with Crippen molar-refractivity contribution in [2.75, 3.05) is 0 Å². The fourth-order valence-electron chi connectivity index (χ4n) is 2.92. The molecule has 0 fully saturated rings. The van der Waals surface area contributed by atoms with Crippen LogP contribution < -0.4 is 10.9 Å². The lowest BCUT2D eigenvalue weighted by Gasteiger charge is -2.18. The van der Waals surface area contributed by atoms with Crippen molar-refractivity contribution in [3.05, 3.63) is 98.9 Å². The number of benzene rings is 1. The normalized spacial score (nSPS) is 12.1. The monoisotopic (exact) mass is 394 g/mol. The van der Waals surface area contributed by atoms with Crippen LogP contribution in [0.25, 0.3) is 4.96 Å². The molecule has 3 aromatic heterocycles. The molecule has 4 rings (SSSR count). The summed E-state index contributed by atoms with van der Waals surface area (Å²) in [5, 5.41) is 2.79. The van der Waals surface area contributed by atoms with Crippen molar-refractivity contribution in [1.82, 2.24) is 19.7 Å². The van der Waals surface area contributed by atoms with Gasteiger partial charge in [0.25, 0.3) is 11.5 Å². The van der Waals surface area contributed by atoms with Gasteiger partial charge in [-0.1, -0.05) is 18.2 Å². The van der Waals surface area contributed by atoms with E-state index in [0.717, 1.165) is 4.88 Å². The molecule has 140 valence electrons. The number of hydrogen-bond donors (Lipinski definition) is 1. The Hall–Kier alpha value is -3.39. The summed E-state index contributed by atoms with van der Waals surface area (Å²) in [6, 6.07) is 10.4. The van der Waals surface area contributed by atoms with Crippen molar-refractivity contribution < 1.29 is 9.18 Å².